The van der Waals surface area contributed by atoms with E-state index in [9.17, 15) is 0 Å². The molecule has 4 heteroatoms. The molecular formula is C15H26N4. The number of nitrogens with one attached hydrogen (secondary N) is 2. The van der Waals surface area contributed by atoms with Gasteiger partial charge in [-0.1, -0.05) is 13.8 Å². The second-order valence-corrected chi connectivity index (χ2v) is 6.45. The maximum absolute atomic E-state index is 4.87. The fourth-order valence-electron chi connectivity index (χ4n) is 3.46. The lowest BCUT2D eigenvalue weighted by atomic mass is 9.89. The molecule has 0 saturated carbocycles. The van der Waals surface area contributed by atoms with Crippen molar-refractivity contribution in [1.29, 1.82) is 0 Å². The SMILES string of the molecule is CC(C)Cc1cc2n(n1)C(C1CCCNC1)CCN2. The van der Waals surface area contributed by atoms with Gasteiger partial charge in [0.2, 0.25) is 0 Å². The number of rotatable bonds is 3. The monoisotopic (exact) mass is 262 g/mol. The smallest absolute Gasteiger partial charge is 0.124 e. The van der Waals surface area contributed by atoms with Crippen molar-refractivity contribution < 1.29 is 0 Å². The zero-order chi connectivity index (χ0) is 13.2. The normalized spacial score (nSPS) is 27.1. The Kier molecular flexibility index (Phi) is 3.78. The van der Waals surface area contributed by atoms with Gasteiger partial charge in [0, 0.05) is 12.6 Å². The molecule has 3 heterocycles. The average molecular weight is 262 g/mol. The molecule has 0 radical (unpaired) electrons. The second kappa shape index (κ2) is 5.53. The predicted octanol–water partition coefficient (Wildman–Crippen LogP) is 2.44. The standard InChI is InChI=1S/C15H26N4/c1-11(2)8-13-9-15-17-7-5-14(19(15)18-13)12-4-3-6-16-10-12/h9,11-12,14,16-17H,3-8,10H2,1-2H3. The Labute approximate surface area is 116 Å². The molecule has 2 aliphatic rings. The van der Waals surface area contributed by atoms with Gasteiger partial charge in [-0.2, -0.15) is 5.10 Å². The van der Waals surface area contributed by atoms with E-state index in [2.05, 4.69) is 35.2 Å². The number of hydrogen-bond donors (Lipinski definition) is 2. The number of nitrogens with zero attached hydrogens (tertiary/aromatic N) is 2. The number of aromatic nitrogens is 2. The van der Waals surface area contributed by atoms with Crippen molar-refractivity contribution >= 4 is 5.82 Å². The Hall–Kier alpha value is -1.03. The van der Waals surface area contributed by atoms with E-state index in [1.165, 1.54) is 37.3 Å². The van der Waals surface area contributed by atoms with E-state index < -0.39 is 0 Å². The van der Waals surface area contributed by atoms with Crippen LogP contribution in [0.3, 0.4) is 0 Å². The molecule has 2 atom stereocenters. The number of hydrogen-bond acceptors (Lipinski definition) is 3. The van der Waals surface area contributed by atoms with Crippen molar-refractivity contribution in [2.24, 2.45) is 11.8 Å². The summed E-state index contributed by atoms with van der Waals surface area (Å²) in [6.07, 6.45) is 4.94. The highest BCUT2D eigenvalue weighted by molar-refractivity contribution is 5.39. The molecule has 1 saturated heterocycles. The fourth-order valence-corrected chi connectivity index (χ4v) is 3.46. The minimum Gasteiger partial charge on any atom is -0.370 e. The van der Waals surface area contributed by atoms with Gasteiger partial charge in [-0.3, -0.25) is 0 Å². The lowest BCUT2D eigenvalue weighted by Gasteiger charge is -2.34. The molecule has 106 valence electrons. The maximum Gasteiger partial charge on any atom is 0.124 e. The van der Waals surface area contributed by atoms with E-state index in [-0.39, 0.29) is 0 Å². The summed E-state index contributed by atoms with van der Waals surface area (Å²) in [5, 5.41) is 11.9. The van der Waals surface area contributed by atoms with Crippen LogP contribution in [0, 0.1) is 11.8 Å². The zero-order valence-corrected chi connectivity index (χ0v) is 12.2. The third-order valence-corrected chi connectivity index (χ3v) is 4.34. The summed E-state index contributed by atoms with van der Waals surface area (Å²) in [6, 6.07) is 2.84. The summed E-state index contributed by atoms with van der Waals surface area (Å²) < 4.78 is 2.28. The Balaban J connectivity index is 1.80. The van der Waals surface area contributed by atoms with E-state index >= 15 is 0 Å². The first kappa shape index (κ1) is 13.0. The third-order valence-electron chi connectivity index (χ3n) is 4.34. The first-order chi connectivity index (χ1) is 9.24. The van der Waals surface area contributed by atoms with E-state index in [0.29, 0.717) is 12.0 Å². The Morgan fingerprint density at radius 2 is 2.26 bits per heavy atom. The van der Waals surface area contributed by atoms with Gasteiger partial charge >= 0.3 is 0 Å². The molecule has 1 fully saturated rings. The molecule has 0 aromatic carbocycles. The molecule has 0 aliphatic carbocycles. The van der Waals surface area contributed by atoms with Gasteiger partial charge in [0.25, 0.3) is 0 Å². The van der Waals surface area contributed by atoms with E-state index in [4.69, 9.17) is 5.10 Å². The molecule has 2 aliphatic heterocycles. The van der Waals surface area contributed by atoms with Gasteiger partial charge in [-0.15, -0.1) is 0 Å². The van der Waals surface area contributed by atoms with Crippen LogP contribution >= 0.6 is 0 Å². The lowest BCUT2D eigenvalue weighted by molar-refractivity contribution is 0.235. The van der Waals surface area contributed by atoms with Crippen molar-refractivity contribution in [1.82, 2.24) is 15.1 Å². The molecule has 19 heavy (non-hydrogen) atoms. The van der Waals surface area contributed by atoms with Crippen LogP contribution in [0.15, 0.2) is 6.07 Å². The Morgan fingerprint density at radius 3 is 3.00 bits per heavy atom. The van der Waals surface area contributed by atoms with Gasteiger partial charge in [0.05, 0.1) is 11.7 Å². The summed E-state index contributed by atoms with van der Waals surface area (Å²) in [4.78, 5) is 0. The number of piperidine rings is 1. The molecule has 1 aromatic heterocycles. The highest BCUT2D eigenvalue weighted by atomic mass is 15.4. The van der Waals surface area contributed by atoms with Crippen LogP contribution in [-0.2, 0) is 6.42 Å². The van der Waals surface area contributed by atoms with Crippen LogP contribution in [0.25, 0.3) is 0 Å². The van der Waals surface area contributed by atoms with Gasteiger partial charge in [-0.05, 0) is 50.6 Å². The Bertz CT molecular complexity index is 418. The molecule has 4 nitrogen and oxygen atoms in total. The molecule has 2 unspecified atom stereocenters. The van der Waals surface area contributed by atoms with Crippen LogP contribution in [0.5, 0.6) is 0 Å². The van der Waals surface area contributed by atoms with E-state index in [0.717, 1.165) is 25.4 Å². The first-order valence-corrected chi connectivity index (χ1v) is 7.77. The molecule has 0 amide bonds. The Morgan fingerprint density at radius 1 is 1.37 bits per heavy atom. The minimum atomic E-state index is 0.588. The zero-order valence-electron chi connectivity index (χ0n) is 12.2. The van der Waals surface area contributed by atoms with Crippen molar-refractivity contribution in [2.45, 2.75) is 45.6 Å². The molecular weight excluding hydrogens is 236 g/mol. The van der Waals surface area contributed by atoms with Crippen molar-refractivity contribution in [2.75, 3.05) is 25.0 Å². The summed E-state index contributed by atoms with van der Waals surface area (Å²) in [5.74, 6) is 2.66. The minimum absolute atomic E-state index is 0.588. The van der Waals surface area contributed by atoms with Gasteiger partial charge < -0.3 is 10.6 Å². The lowest BCUT2D eigenvalue weighted by Crippen LogP contribution is -2.38. The van der Waals surface area contributed by atoms with Gasteiger partial charge in [-0.25, -0.2) is 4.68 Å². The van der Waals surface area contributed by atoms with Crippen LogP contribution < -0.4 is 10.6 Å². The summed E-state index contributed by atoms with van der Waals surface area (Å²) in [6.45, 7) is 7.95. The third kappa shape index (κ3) is 2.78. The van der Waals surface area contributed by atoms with Gasteiger partial charge in [0.15, 0.2) is 0 Å². The van der Waals surface area contributed by atoms with Crippen molar-refractivity contribution in [3.63, 3.8) is 0 Å². The van der Waals surface area contributed by atoms with E-state index in [1.54, 1.807) is 0 Å². The first-order valence-electron chi connectivity index (χ1n) is 7.77. The summed E-state index contributed by atoms with van der Waals surface area (Å²) in [5.41, 5.74) is 1.24. The topological polar surface area (TPSA) is 41.9 Å². The van der Waals surface area contributed by atoms with E-state index in [1.807, 2.05) is 0 Å². The number of anilines is 1. The number of fused-ring (bicyclic) bond motifs is 1. The van der Waals surface area contributed by atoms with Crippen LogP contribution in [-0.4, -0.2) is 29.4 Å². The highest BCUT2D eigenvalue weighted by Crippen LogP contribution is 2.33. The van der Waals surface area contributed by atoms with Crippen molar-refractivity contribution in [3.05, 3.63) is 11.8 Å². The average Bonchev–Trinajstić information content (AvgIpc) is 2.80. The largest absolute Gasteiger partial charge is 0.370 e. The quantitative estimate of drug-likeness (QED) is 0.879. The van der Waals surface area contributed by atoms with Crippen LogP contribution in [0.4, 0.5) is 5.82 Å². The summed E-state index contributed by atoms with van der Waals surface area (Å²) in [7, 11) is 0. The van der Waals surface area contributed by atoms with Gasteiger partial charge in [0.1, 0.15) is 5.82 Å². The van der Waals surface area contributed by atoms with Crippen LogP contribution in [0.1, 0.15) is 44.8 Å². The summed E-state index contributed by atoms with van der Waals surface area (Å²) >= 11 is 0. The molecule has 0 bridgehead atoms. The molecule has 0 spiro atoms. The maximum atomic E-state index is 4.87. The molecule has 2 N–H and O–H groups in total. The highest BCUT2D eigenvalue weighted by Gasteiger charge is 2.29. The van der Waals surface area contributed by atoms with Crippen molar-refractivity contribution in [3.8, 4) is 0 Å². The molecule has 1 aromatic rings. The fraction of sp³-hybridized carbons (Fsp3) is 0.800. The molecule has 3 rings (SSSR count). The van der Waals surface area contributed by atoms with Crippen LogP contribution in [0.2, 0.25) is 0 Å². The predicted molar refractivity (Wildman–Crippen MR) is 78.5 cm³/mol. The second-order valence-electron chi connectivity index (χ2n) is 6.45.